The van der Waals surface area contributed by atoms with E-state index in [9.17, 15) is 9.59 Å². The Hall–Kier alpha value is -1.46. The van der Waals surface area contributed by atoms with Crippen molar-refractivity contribution >= 4 is 41.3 Å². The third-order valence-corrected chi connectivity index (χ3v) is 6.97. The van der Waals surface area contributed by atoms with Crippen molar-refractivity contribution in [3.8, 4) is 0 Å². The van der Waals surface area contributed by atoms with Crippen molar-refractivity contribution in [2.24, 2.45) is 0 Å². The van der Waals surface area contributed by atoms with Crippen LogP contribution in [0.3, 0.4) is 0 Å². The van der Waals surface area contributed by atoms with E-state index in [-0.39, 0.29) is 30.4 Å². The van der Waals surface area contributed by atoms with E-state index in [0.717, 1.165) is 36.2 Å². The maximum Gasteiger partial charge on any atom is 0.261 e. The second-order valence-electron chi connectivity index (χ2n) is 7.38. The van der Waals surface area contributed by atoms with Gasteiger partial charge in [0, 0.05) is 22.4 Å². The number of carbonyl (C=O) groups is 2. The fraction of sp³-hybridized carbons (Fsp3) is 0.524. The van der Waals surface area contributed by atoms with Crippen molar-refractivity contribution in [2.75, 3.05) is 6.54 Å². The maximum absolute atomic E-state index is 13.2. The van der Waals surface area contributed by atoms with Crippen LogP contribution < -0.4 is 5.32 Å². The van der Waals surface area contributed by atoms with Crippen molar-refractivity contribution in [1.29, 1.82) is 0 Å². The Morgan fingerprint density at radius 1 is 1.33 bits per heavy atom. The molecule has 1 aliphatic carbocycles. The van der Waals surface area contributed by atoms with E-state index in [1.165, 1.54) is 6.42 Å². The average molecular weight is 407 g/mol. The highest BCUT2D eigenvalue weighted by atomic mass is 35.5. The quantitative estimate of drug-likeness (QED) is 0.733. The van der Waals surface area contributed by atoms with Gasteiger partial charge in [-0.3, -0.25) is 9.59 Å². The van der Waals surface area contributed by atoms with Crippen LogP contribution in [0.2, 0.25) is 5.02 Å². The predicted octanol–water partition coefficient (Wildman–Crippen LogP) is 4.48. The van der Waals surface area contributed by atoms with E-state index in [1.54, 1.807) is 16.7 Å². The van der Waals surface area contributed by atoms with Crippen LogP contribution in [0, 0.1) is 0 Å². The van der Waals surface area contributed by atoms with Crippen LogP contribution in [0.1, 0.15) is 51.5 Å². The van der Waals surface area contributed by atoms with Crippen LogP contribution in [0.4, 0.5) is 0 Å². The molecule has 0 spiro atoms. The summed E-state index contributed by atoms with van der Waals surface area (Å²) in [7, 11) is 0. The number of nitrogens with one attached hydrogen (secondary N) is 1. The third-order valence-electron chi connectivity index (χ3n) is 5.32. The first-order chi connectivity index (χ1) is 13.0. The number of carbonyl (C=O) groups excluding carboxylic acids is 2. The number of hydrogen-bond acceptors (Lipinski definition) is 3. The monoisotopic (exact) mass is 406 g/mol. The van der Waals surface area contributed by atoms with Gasteiger partial charge < -0.3 is 10.2 Å². The summed E-state index contributed by atoms with van der Waals surface area (Å²) in [5.74, 6) is -0.0998. The number of fused-ring (bicyclic) bond motifs is 1. The first kappa shape index (κ1) is 20.3. The Balaban J connectivity index is 1.81. The van der Waals surface area contributed by atoms with Gasteiger partial charge in [0.1, 0.15) is 6.54 Å². The molecule has 3 unspecified atom stereocenters. The Morgan fingerprint density at radius 3 is 2.74 bits per heavy atom. The number of amides is 2. The molecule has 4 nitrogen and oxygen atoms in total. The molecule has 1 heterocycles. The molecule has 0 aromatic heterocycles. The summed E-state index contributed by atoms with van der Waals surface area (Å²) in [6, 6.07) is 7.75. The SMILES string of the molecule is CCC(C)NC(=O)CN1C(=O)/C(=C\c2ccc(Cl)cc2)SC2CCCCC21. The molecule has 27 heavy (non-hydrogen) atoms. The van der Waals surface area contributed by atoms with E-state index in [4.69, 9.17) is 11.6 Å². The summed E-state index contributed by atoms with van der Waals surface area (Å²) >= 11 is 7.64. The van der Waals surface area contributed by atoms with Gasteiger partial charge in [0.05, 0.1) is 4.91 Å². The molecule has 1 N–H and O–H groups in total. The number of halogens is 1. The van der Waals surface area contributed by atoms with E-state index < -0.39 is 0 Å². The lowest BCUT2D eigenvalue weighted by Gasteiger charge is -2.44. The molecule has 2 amide bonds. The predicted molar refractivity (Wildman–Crippen MR) is 113 cm³/mol. The molecule has 6 heteroatoms. The molecule has 3 rings (SSSR count). The van der Waals surface area contributed by atoms with Gasteiger partial charge in [-0.05, 0) is 50.0 Å². The zero-order valence-electron chi connectivity index (χ0n) is 15.9. The molecule has 1 aromatic carbocycles. The molecule has 1 aromatic rings. The lowest BCUT2D eigenvalue weighted by Crippen LogP contribution is -2.54. The first-order valence-corrected chi connectivity index (χ1v) is 11.0. The van der Waals surface area contributed by atoms with Gasteiger partial charge in [0.25, 0.3) is 5.91 Å². The Morgan fingerprint density at radius 2 is 2.04 bits per heavy atom. The van der Waals surface area contributed by atoms with Gasteiger partial charge in [-0.15, -0.1) is 11.8 Å². The van der Waals surface area contributed by atoms with E-state index in [2.05, 4.69) is 5.32 Å². The normalized spacial score (nSPS) is 25.2. The van der Waals surface area contributed by atoms with Crippen LogP contribution in [0.25, 0.3) is 6.08 Å². The summed E-state index contributed by atoms with van der Waals surface area (Å²) in [6.07, 6.45) is 7.17. The molecule has 2 fully saturated rings. The fourth-order valence-corrected chi connectivity index (χ4v) is 5.25. The van der Waals surface area contributed by atoms with Crippen LogP contribution >= 0.6 is 23.4 Å². The van der Waals surface area contributed by atoms with Crippen molar-refractivity contribution in [2.45, 2.75) is 63.3 Å². The zero-order chi connectivity index (χ0) is 19.4. The van der Waals surface area contributed by atoms with Crippen molar-refractivity contribution in [3.63, 3.8) is 0 Å². The molecule has 1 saturated heterocycles. The number of rotatable bonds is 5. The molecule has 146 valence electrons. The summed E-state index contributed by atoms with van der Waals surface area (Å²) in [4.78, 5) is 28.2. The highest BCUT2D eigenvalue weighted by Gasteiger charge is 2.41. The lowest BCUT2D eigenvalue weighted by atomic mass is 9.93. The smallest absolute Gasteiger partial charge is 0.261 e. The Bertz CT molecular complexity index is 719. The molecular weight excluding hydrogens is 380 g/mol. The molecule has 0 bridgehead atoms. The summed E-state index contributed by atoms with van der Waals surface area (Å²) in [5, 5.41) is 4.03. The first-order valence-electron chi connectivity index (χ1n) is 9.72. The van der Waals surface area contributed by atoms with Gasteiger partial charge in [-0.1, -0.05) is 43.5 Å². The number of nitrogens with zero attached hydrogens (tertiary/aromatic N) is 1. The van der Waals surface area contributed by atoms with Crippen LogP contribution in [0.5, 0.6) is 0 Å². The largest absolute Gasteiger partial charge is 0.352 e. The molecule has 0 radical (unpaired) electrons. The Labute approximate surface area is 170 Å². The molecule has 1 saturated carbocycles. The second-order valence-corrected chi connectivity index (χ2v) is 9.10. The van der Waals surface area contributed by atoms with E-state index in [0.29, 0.717) is 10.3 Å². The average Bonchev–Trinajstić information content (AvgIpc) is 2.66. The standard InChI is InChI=1S/C21H27ClN2O2S/c1-3-14(2)23-20(25)13-24-17-6-4-5-7-18(17)27-19(21(24)26)12-15-8-10-16(22)11-9-15/h8-12,14,17-18H,3-7,13H2,1-2H3,(H,23,25)/b19-12+. The minimum atomic E-state index is -0.0697. The van der Waals surface area contributed by atoms with Crippen LogP contribution in [-0.2, 0) is 9.59 Å². The molecular formula is C21H27ClN2O2S. The number of hydrogen-bond donors (Lipinski definition) is 1. The van der Waals surface area contributed by atoms with Crippen LogP contribution in [-0.4, -0.2) is 40.6 Å². The van der Waals surface area contributed by atoms with Gasteiger partial charge in [0.2, 0.25) is 5.91 Å². The highest BCUT2D eigenvalue weighted by Crippen LogP contribution is 2.42. The van der Waals surface area contributed by atoms with Crippen molar-refractivity contribution in [1.82, 2.24) is 10.2 Å². The van der Waals surface area contributed by atoms with E-state index in [1.807, 2.05) is 44.2 Å². The van der Waals surface area contributed by atoms with Crippen molar-refractivity contribution < 1.29 is 9.59 Å². The molecule has 1 aliphatic heterocycles. The summed E-state index contributed by atoms with van der Waals surface area (Å²) < 4.78 is 0. The van der Waals surface area contributed by atoms with Gasteiger partial charge in [0.15, 0.2) is 0 Å². The van der Waals surface area contributed by atoms with Gasteiger partial charge in [-0.2, -0.15) is 0 Å². The topological polar surface area (TPSA) is 49.4 Å². The zero-order valence-corrected chi connectivity index (χ0v) is 17.5. The minimum absolute atomic E-state index is 0.0302. The van der Waals surface area contributed by atoms with Crippen LogP contribution in [0.15, 0.2) is 29.2 Å². The van der Waals surface area contributed by atoms with E-state index >= 15 is 0 Å². The molecule has 2 aliphatic rings. The molecule has 3 atom stereocenters. The maximum atomic E-state index is 13.2. The second kappa shape index (κ2) is 9.16. The summed E-state index contributed by atoms with van der Waals surface area (Å²) in [6.45, 7) is 4.17. The highest BCUT2D eigenvalue weighted by molar-refractivity contribution is 8.04. The number of benzene rings is 1. The number of thioether (sulfide) groups is 1. The Kier molecular flexibility index (Phi) is 6.88. The summed E-state index contributed by atoms with van der Waals surface area (Å²) in [5.41, 5.74) is 0.952. The minimum Gasteiger partial charge on any atom is -0.352 e. The van der Waals surface area contributed by atoms with Crippen molar-refractivity contribution in [3.05, 3.63) is 39.8 Å². The van der Waals surface area contributed by atoms with Gasteiger partial charge >= 0.3 is 0 Å². The third kappa shape index (κ3) is 5.08. The van der Waals surface area contributed by atoms with Gasteiger partial charge in [-0.25, -0.2) is 0 Å². The fourth-order valence-electron chi connectivity index (χ4n) is 3.65. The lowest BCUT2D eigenvalue weighted by molar-refractivity contribution is -0.135.